The van der Waals surface area contributed by atoms with Gasteiger partial charge in [-0.05, 0) is 36.5 Å². The summed E-state index contributed by atoms with van der Waals surface area (Å²) in [6, 6.07) is 4.75. The Balaban J connectivity index is 2.71. The van der Waals surface area contributed by atoms with Crippen LogP contribution < -0.4 is 10.6 Å². The molecule has 0 aliphatic carbocycles. The second-order valence-electron chi connectivity index (χ2n) is 7.46. The van der Waals surface area contributed by atoms with E-state index in [1.807, 2.05) is 13.8 Å². The lowest BCUT2D eigenvalue weighted by Gasteiger charge is -2.27. The van der Waals surface area contributed by atoms with Crippen LogP contribution in [0.3, 0.4) is 0 Å². The highest BCUT2D eigenvalue weighted by Gasteiger charge is 2.30. The number of hydrogen-bond acceptors (Lipinski definition) is 3. The van der Waals surface area contributed by atoms with Gasteiger partial charge in [-0.25, -0.2) is 8.42 Å². The number of sulfone groups is 1. The van der Waals surface area contributed by atoms with Crippen molar-refractivity contribution in [3.05, 3.63) is 35.4 Å². The minimum Gasteiger partial charge on any atom is -0.356 e. The second kappa shape index (κ2) is 8.95. The fraction of sp³-hybridized carbons (Fsp3) is 0.611. The monoisotopic (exact) mass is 407 g/mol. The summed E-state index contributed by atoms with van der Waals surface area (Å²) in [6.07, 6.45) is -2.70. The molecule has 0 bridgehead atoms. The van der Waals surface area contributed by atoms with Crippen molar-refractivity contribution in [1.82, 2.24) is 10.6 Å². The van der Waals surface area contributed by atoms with Crippen LogP contribution in [0.5, 0.6) is 0 Å². The van der Waals surface area contributed by atoms with Gasteiger partial charge in [0.05, 0.1) is 17.4 Å². The molecule has 1 unspecified atom stereocenters. The Bertz CT molecular complexity index is 759. The molecule has 0 amide bonds. The van der Waals surface area contributed by atoms with E-state index < -0.39 is 27.6 Å². The largest absolute Gasteiger partial charge is 0.416 e. The van der Waals surface area contributed by atoms with Crippen LogP contribution in [0, 0.1) is 5.41 Å². The Morgan fingerprint density at radius 3 is 2.41 bits per heavy atom. The SMILES string of the molecule is CN=C(NCC(C)(C)CCS(C)(=O)=O)NC(C)c1cccc(C(F)(F)F)c1. The zero-order valence-electron chi connectivity index (χ0n) is 16.3. The molecule has 0 spiro atoms. The summed E-state index contributed by atoms with van der Waals surface area (Å²) in [6.45, 7) is 6.10. The Kier molecular flexibility index (Phi) is 7.71. The third-order valence-electron chi connectivity index (χ3n) is 4.17. The van der Waals surface area contributed by atoms with Gasteiger partial charge in [-0.15, -0.1) is 0 Å². The number of nitrogens with one attached hydrogen (secondary N) is 2. The molecule has 0 fully saturated rings. The molecule has 2 N–H and O–H groups in total. The molecule has 0 saturated heterocycles. The maximum atomic E-state index is 12.9. The van der Waals surface area contributed by atoms with Crippen molar-refractivity contribution < 1.29 is 21.6 Å². The summed E-state index contributed by atoms with van der Waals surface area (Å²) in [5.41, 5.74) is -0.497. The Morgan fingerprint density at radius 1 is 1.26 bits per heavy atom. The van der Waals surface area contributed by atoms with E-state index in [2.05, 4.69) is 15.6 Å². The van der Waals surface area contributed by atoms with E-state index in [0.717, 1.165) is 12.1 Å². The van der Waals surface area contributed by atoms with Crippen molar-refractivity contribution in [2.75, 3.05) is 25.6 Å². The fourth-order valence-electron chi connectivity index (χ4n) is 2.34. The van der Waals surface area contributed by atoms with Gasteiger partial charge in [0.15, 0.2) is 5.96 Å². The first-order chi connectivity index (χ1) is 12.2. The lowest BCUT2D eigenvalue weighted by Crippen LogP contribution is -2.43. The van der Waals surface area contributed by atoms with Crippen LogP contribution in [-0.4, -0.2) is 40.0 Å². The van der Waals surface area contributed by atoms with E-state index >= 15 is 0 Å². The second-order valence-corrected chi connectivity index (χ2v) is 9.72. The number of benzene rings is 1. The summed E-state index contributed by atoms with van der Waals surface area (Å²) < 4.78 is 61.3. The van der Waals surface area contributed by atoms with Crippen molar-refractivity contribution in [1.29, 1.82) is 0 Å². The molecule has 5 nitrogen and oxygen atoms in total. The average molecular weight is 408 g/mol. The van der Waals surface area contributed by atoms with Crippen molar-refractivity contribution in [3.63, 3.8) is 0 Å². The summed E-state index contributed by atoms with van der Waals surface area (Å²) in [5, 5.41) is 6.17. The fourth-order valence-corrected chi connectivity index (χ4v) is 3.26. The molecule has 154 valence electrons. The molecular formula is C18H28F3N3O2S. The zero-order valence-corrected chi connectivity index (χ0v) is 17.1. The maximum Gasteiger partial charge on any atom is 0.416 e. The van der Waals surface area contributed by atoms with Crippen molar-refractivity contribution in [2.45, 2.75) is 39.4 Å². The molecule has 27 heavy (non-hydrogen) atoms. The molecule has 0 aromatic heterocycles. The minimum atomic E-state index is -4.39. The number of aliphatic imine (C=N–C) groups is 1. The zero-order chi connectivity index (χ0) is 20.9. The standard InChI is InChI=1S/C18H28F3N3O2S/c1-13(14-7-6-8-15(11-14)18(19,20)21)24-16(22-4)23-12-17(2,3)9-10-27(5,25)26/h6-8,11,13H,9-10,12H2,1-5H3,(H2,22,23,24). The van der Waals surface area contributed by atoms with Gasteiger partial charge in [-0.1, -0.05) is 26.0 Å². The molecule has 1 rings (SSSR count). The first-order valence-corrected chi connectivity index (χ1v) is 10.6. The summed E-state index contributed by atoms with van der Waals surface area (Å²) in [5.74, 6) is 0.529. The highest BCUT2D eigenvalue weighted by molar-refractivity contribution is 7.90. The molecule has 0 aliphatic rings. The molecule has 1 aromatic rings. The van der Waals surface area contributed by atoms with E-state index in [9.17, 15) is 21.6 Å². The van der Waals surface area contributed by atoms with Crippen LogP contribution in [0.4, 0.5) is 13.2 Å². The van der Waals surface area contributed by atoms with Crippen LogP contribution in [0.2, 0.25) is 0 Å². The highest BCUT2D eigenvalue weighted by Crippen LogP contribution is 2.30. The summed E-state index contributed by atoms with van der Waals surface area (Å²) in [7, 11) is -1.47. The molecule has 0 radical (unpaired) electrons. The summed E-state index contributed by atoms with van der Waals surface area (Å²) >= 11 is 0. The first kappa shape index (κ1) is 23.3. The minimum absolute atomic E-state index is 0.0916. The quantitative estimate of drug-likeness (QED) is 0.537. The van der Waals surface area contributed by atoms with Gasteiger partial charge in [0.25, 0.3) is 0 Å². The van der Waals surface area contributed by atoms with Crippen LogP contribution >= 0.6 is 0 Å². The molecule has 1 aromatic carbocycles. The Morgan fingerprint density at radius 2 is 1.89 bits per heavy atom. The predicted molar refractivity (Wildman–Crippen MR) is 102 cm³/mol. The predicted octanol–water partition coefficient (Wildman–Crippen LogP) is 3.39. The lowest BCUT2D eigenvalue weighted by atomic mass is 9.90. The van der Waals surface area contributed by atoms with Gasteiger partial charge < -0.3 is 10.6 Å². The Labute approximate surface area is 159 Å². The van der Waals surface area contributed by atoms with E-state index in [-0.39, 0.29) is 11.2 Å². The summed E-state index contributed by atoms with van der Waals surface area (Å²) in [4.78, 5) is 4.09. The number of guanidine groups is 1. The number of rotatable bonds is 7. The smallest absolute Gasteiger partial charge is 0.356 e. The maximum absolute atomic E-state index is 12.9. The molecular weight excluding hydrogens is 379 g/mol. The van der Waals surface area contributed by atoms with E-state index in [1.54, 1.807) is 20.0 Å². The van der Waals surface area contributed by atoms with Gasteiger partial charge in [-0.2, -0.15) is 13.2 Å². The van der Waals surface area contributed by atoms with Gasteiger partial charge in [0, 0.05) is 19.8 Å². The number of halogens is 3. The van der Waals surface area contributed by atoms with E-state index in [0.29, 0.717) is 24.5 Å². The van der Waals surface area contributed by atoms with Gasteiger partial charge in [0.1, 0.15) is 9.84 Å². The molecule has 9 heteroatoms. The topological polar surface area (TPSA) is 70.6 Å². The third kappa shape index (κ3) is 8.64. The molecule has 0 saturated carbocycles. The third-order valence-corrected chi connectivity index (χ3v) is 5.12. The van der Waals surface area contributed by atoms with Crippen molar-refractivity contribution >= 4 is 15.8 Å². The van der Waals surface area contributed by atoms with Crippen molar-refractivity contribution in [2.24, 2.45) is 10.4 Å². The van der Waals surface area contributed by atoms with Crippen LogP contribution in [0.25, 0.3) is 0 Å². The molecule has 0 aliphatic heterocycles. The van der Waals surface area contributed by atoms with E-state index in [1.165, 1.54) is 12.3 Å². The van der Waals surface area contributed by atoms with Crippen LogP contribution in [-0.2, 0) is 16.0 Å². The number of hydrogen-bond donors (Lipinski definition) is 2. The van der Waals surface area contributed by atoms with Crippen molar-refractivity contribution in [3.8, 4) is 0 Å². The van der Waals surface area contributed by atoms with Gasteiger partial charge in [0.2, 0.25) is 0 Å². The van der Waals surface area contributed by atoms with E-state index in [4.69, 9.17) is 0 Å². The molecule has 1 atom stereocenters. The number of alkyl halides is 3. The lowest BCUT2D eigenvalue weighted by molar-refractivity contribution is -0.137. The first-order valence-electron chi connectivity index (χ1n) is 8.55. The van der Waals surface area contributed by atoms with Gasteiger partial charge in [-0.3, -0.25) is 4.99 Å². The highest BCUT2D eigenvalue weighted by atomic mass is 32.2. The average Bonchev–Trinajstić information content (AvgIpc) is 2.55. The van der Waals surface area contributed by atoms with Crippen LogP contribution in [0.15, 0.2) is 29.3 Å². The number of nitrogens with zero attached hydrogens (tertiary/aromatic N) is 1. The molecule has 0 heterocycles. The Hall–Kier alpha value is -1.77. The van der Waals surface area contributed by atoms with Crippen LogP contribution in [0.1, 0.15) is 44.4 Å². The normalized spacial score (nSPS) is 14.7. The van der Waals surface area contributed by atoms with Gasteiger partial charge >= 0.3 is 6.18 Å².